The Labute approximate surface area is 133 Å². The first-order valence-corrected chi connectivity index (χ1v) is 7.51. The Balaban J connectivity index is 2.10. The fourth-order valence-electron chi connectivity index (χ4n) is 2.79. The summed E-state index contributed by atoms with van der Waals surface area (Å²) in [6.45, 7) is 2.08. The maximum atomic E-state index is 6.15. The number of aromatic nitrogens is 2. The molecule has 0 amide bonds. The van der Waals surface area contributed by atoms with Crippen LogP contribution in [0.4, 0.5) is 0 Å². The molecule has 0 aliphatic carbocycles. The molecule has 2 aromatic carbocycles. The van der Waals surface area contributed by atoms with Crippen LogP contribution < -0.4 is 0 Å². The number of benzene rings is 2. The number of hydrogen-bond donors (Lipinski definition) is 0. The summed E-state index contributed by atoms with van der Waals surface area (Å²) in [5.41, 5.74) is 5.11. The first kappa shape index (κ1) is 13.2. The molecular formula is C19H13ClN2. The number of fused-ring (bicyclic) bond motifs is 3. The fourth-order valence-corrected chi connectivity index (χ4v) is 2.96. The summed E-state index contributed by atoms with van der Waals surface area (Å²) < 4.78 is 0. The number of hydrogen-bond acceptors (Lipinski definition) is 2. The lowest BCUT2D eigenvalue weighted by atomic mass is 10.0. The van der Waals surface area contributed by atoms with Gasteiger partial charge in [-0.25, -0.2) is 4.98 Å². The second-order valence-electron chi connectivity index (χ2n) is 5.38. The molecule has 2 aromatic heterocycles. The average Bonchev–Trinajstić information content (AvgIpc) is 2.55. The third-order valence-corrected chi connectivity index (χ3v) is 4.08. The van der Waals surface area contributed by atoms with E-state index >= 15 is 0 Å². The molecule has 0 radical (unpaired) electrons. The van der Waals surface area contributed by atoms with Crippen LogP contribution in [-0.2, 0) is 0 Å². The summed E-state index contributed by atoms with van der Waals surface area (Å²) >= 11 is 6.15. The summed E-state index contributed by atoms with van der Waals surface area (Å²) in [5.74, 6) is 0. The zero-order chi connectivity index (χ0) is 15.1. The fraction of sp³-hybridized carbons (Fsp3) is 0.0526. The van der Waals surface area contributed by atoms with Gasteiger partial charge in [0.05, 0.1) is 16.7 Å². The van der Waals surface area contributed by atoms with Crippen molar-refractivity contribution in [1.29, 1.82) is 0 Å². The Hall–Kier alpha value is -2.45. The van der Waals surface area contributed by atoms with E-state index in [1.807, 2.05) is 42.6 Å². The van der Waals surface area contributed by atoms with Crippen LogP contribution in [0.5, 0.6) is 0 Å². The topological polar surface area (TPSA) is 25.8 Å². The van der Waals surface area contributed by atoms with E-state index in [2.05, 4.69) is 30.1 Å². The standard InChI is InChI=1S/C19H13ClN2/c1-12-9-14-11-21-17-8-7-15(20)10-16(17)19(14)22-18(12)13-5-3-2-4-6-13/h2-11H,1H3. The minimum absolute atomic E-state index is 0.699. The number of halogens is 1. The molecule has 0 fully saturated rings. The molecule has 0 unspecified atom stereocenters. The summed E-state index contributed by atoms with van der Waals surface area (Å²) in [7, 11) is 0. The first-order chi connectivity index (χ1) is 10.7. The Morgan fingerprint density at radius 2 is 1.77 bits per heavy atom. The highest BCUT2D eigenvalue weighted by Crippen LogP contribution is 2.29. The van der Waals surface area contributed by atoms with Gasteiger partial charge in [-0.05, 0) is 36.8 Å². The van der Waals surface area contributed by atoms with Gasteiger partial charge in [0.1, 0.15) is 0 Å². The summed E-state index contributed by atoms with van der Waals surface area (Å²) in [6.07, 6.45) is 1.88. The van der Waals surface area contributed by atoms with Gasteiger partial charge in [-0.15, -0.1) is 0 Å². The third-order valence-electron chi connectivity index (χ3n) is 3.85. The zero-order valence-corrected chi connectivity index (χ0v) is 12.8. The molecule has 0 atom stereocenters. The predicted molar refractivity (Wildman–Crippen MR) is 92.2 cm³/mol. The van der Waals surface area contributed by atoms with Gasteiger partial charge in [0.15, 0.2) is 0 Å². The van der Waals surface area contributed by atoms with Gasteiger partial charge in [-0.2, -0.15) is 0 Å². The van der Waals surface area contributed by atoms with Crippen molar-refractivity contribution in [2.24, 2.45) is 0 Å². The van der Waals surface area contributed by atoms with Crippen molar-refractivity contribution in [2.45, 2.75) is 6.92 Å². The molecule has 0 N–H and O–H groups in total. The molecule has 0 aliphatic rings. The highest BCUT2D eigenvalue weighted by atomic mass is 35.5. The van der Waals surface area contributed by atoms with E-state index in [0.29, 0.717) is 5.02 Å². The second kappa shape index (κ2) is 5.08. The Morgan fingerprint density at radius 1 is 0.955 bits per heavy atom. The lowest BCUT2D eigenvalue weighted by Gasteiger charge is -2.09. The van der Waals surface area contributed by atoms with E-state index in [0.717, 1.165) is 38.6 Å². The summed E-state index contributed by atoms with van der Waals surface area (Å²) in [4.78, 5) is 9.41. The van der Waals surface area contributed by atoms with E-state index in [4.69, 9.17) is 16.6 Å². The molecule has 2 nitrogen and oxygen atoms in total. The molecule has 2 heterocycles. The van der Waals surface area contributed by atoms with Crippen molar-refractivity contribution < 1.29 is 0 Å². The van der Waals surface area contributed by atoms with Gasteiger partial charge >= 0.3 is 0 Å². The van der Waals surface area contributed by atoms with Crippen molar-refractivity contribution in [1.82, 2.24) is 9.97 Å². The minimum atomic E-state index is 0.699. The molecule has 0 saturated carbocycles. The van der Waals surface area contributed by atoms with Crippen LogP contribution in [0.25, 0.3) is 33.1 Å². The van der Waals surface area contributed by atoms with Crippen LogP contribution in [0.2, 0.25) is 5.02 Å². The number of rotatable bonds is 1. The van der Waals surface area contributed by atoms with Crippen molar-refractivity contribution >= 4 is 33.4 Å². The Morgan fingerprint density at radius 3 is 2.59 bits per heavy atom. The van der Waals surface area contributed by atoms with E-state index in [-0.39, 0.29) is 0 Å². The molecule has 106 valence electrons. The third kappa shape index (κ3) is 2.13. The number of pyridine rings is 2. The van der Waals surface area contributed by atoms with Crippen LogP contribution in [0, 0.1) is 6.92 Å². The smallest absolute Gasteiger partial charge is 0.0819 e. The monoisotopic (exact) mass is 304 g/mol. The molecule has 0 spiro atoms. The predicted octanol–water partition coefficient (Wildman–Crippen LogP) is 5.41. The van der Waals surface area contributed by atoms with Crippen LogP contribution >= 0.6 is 11.6 Å². The first-order valence-electron chi connectivity index (χ1n) is 7.13. The number of aryl methyl sites for hydroxylation is 1. The molecule has 4 aromatic rings. The van der Waals surface area contributed by atoms with Crippen LogP contribution in [0.15, 0.2) is 60.8 Å². The Bertz CT molecular complexity index is 994. The van der Waals surface area contributed by atoms with E-state index in [1.165, 1.54) is 0 Å². The summed E-state index contributed by atoms with van der Waals surface area (Å²) in [6, 6.07) is 18.1. The van der Waals surface area contributed by atoms with Crippen LogP contribution in [-0.4, -0.2) is 9.97 Å². The maximum absolute atomic E-state index is 6.15. The van der Waals surface area contributed by atoms with Gasteiger partial charge in [-0.1, -0.05) is 41.9 Å². The lowest BCUT2D eigenvalue weighted by molar-refractivity contribution is 1.32. The van der Waals surface area contributed by atoms with Crippen molar-refractivity contribution in [3.05, 3.63) is 71.4 Å². The molecule has 0 aliphatic heterocycles. The average molecular weight is 305 g/mol. The minimum Gasteiger partial charge on any atom is -0.255 e. The Kier molecular flexibility index (Phi) is 3.05. The highest BCUT2D eigenvalue weighted by molar-refractivity contribution is 6.31. The van der Waals surface area contributed by atoms with E-state index in [1.54, 1.807) is 0 Å². The SMILES string of the molecule is Cc1cc2cnc3ccc(Cl)cc3c2nc1-c1ccccc1. The lowest BCUT2D eigenvalue weighted by Crippen LogP contribution is -1.92. The normalized spacial score (nSPS) is 11.2. The van der Waals surface area contributed by atoms with Gasteiger partial charge in [0.2, 0.25) is 0 Å². The molecule has 4 rings (SSSR count). The summed E-state index contributed by atoms with van der Waals surface area (Å²) in [5, 5.41) is 2.72. The van der Waals surface area contributed by atoms with Gasteiger partial charge in [0, 0.05) is 27.6 Å². The quantitative estimate of drug-likeness (QED) is 0.439. The molecule has 0 saturated heterocycles. The second-order valence-corrected chi connectivity index (χ2v) is 5.81. The molecule has 0 bridgehead atoms. The van der Waals surface area contributed by atoms with Crippen molar-refractivity contribution in [2.75, 3.05) is 0 Å². The van der Waals surface area contributed by atoms with Gasteiger partial charge < -0.3 is 0 Å². The van der Waals surface area contributed by atoms with E-state index in [9.17, 15) is 0 Å². The van der Waals surface area contributed by atoms with Crippen LogP contribution in [0.3, 0.4) is 0 Å². The zero-order valence-electron chi connectivity index (χ0n) is 12.0. The molecule has 3 heteroatoms. The van der Waals surface area contributed by atoms with Gasteiger partial charge in [-0.3, -0.25) is 4.98 Å². The van der Waals surface area contributed by atoms with Crippen molar-refractivity contribution in [3.63, 3.8) is 0 Å². The highest BCUT2D eigenvalue weighted by Gasteiger charge is 2.09. The van der Waals surface area contributed by atoms with Gasteiger partial charge in [0.25, 0.3) is 0 Å². The molecular weight excluding hydrogens is 292 g/mol. The maximum Gasteiger partial charge on any atom is 0.0819 e. The van der Waals surface area contributed by atoms with E-state index < -0.39 is 0 Å². The van der Waals surface area contributed by atoms with Crippen molar-refractivity contribution in [3.8, 4) is 11.3 Å². The number of nitrogens with zero attached hydrogens (tertiary/aromatic N) is 2. The van der Waals surface area contributed by atoms with Crippen LogP contribution in [0.1, 0.15) is 5.56 Å². The largest absolute Gasteiger partial charge is 0.255 e. The molecule has 22 heavy (non-hydrogen) atoms.